The van der Waals surface area contributed by atoms with Gasteiger partial charge in [-0.3, -0.25) is 9.59 Å². The van der Waals surface area contributed by atoms with Crippen molar-refractivity contribution in [1.82, 2.24) is 9.88 Å². The maximum absolute atomic E-state index is 12.3. The number of carbonyl (C=O) groups is 2. The SMILES string of the molecule is Cc1cccc(NC(=O)C2CCCN(C(=O)CC(F)(F)F)C2)n1. The number of halogens is 3. The molecule has 8 heteroatoms. The van der Waals surface area contributed by atoms with E-state index in [2.05, 4.69) is 10.3 Å². The molecule has 5 nitrogen and oxygen atoms in total. The summed E-state index contributed by atoms with van der Waals surface area (Å²) in [6, 6.07) is 5.17. The summed E-state index contributed by atoms with van der Waals surface area (Å²) in [5, 5.41) is 2.65. The summed E-state index contributed by atoms with van der Waals surface area (Å²) >= 11 is 0. The van der Waals surface area contributed by atoms with E-state index < -0.39 is 24.4 Å². The Morgan fingerprint density at radius 1 is 1.39 bits per heavy atom. The van der Waals surface area contributed by atoms with E-state index in [9.17, 15) is 22.8 Å². The molecule has 1 saturated heterocycles. The molecule has 1 fully saturated rings. The van der Waals surface area contributed by atoms with E-state index in [4.69, 9.17) is 0 Å². The minimum absolute atomic E-state index is 0.00651. The summed E-state index contributed by atoms with van der Waals surface area (Å²) in [5.41, 5.74) is 0.744. The van der Waals surface area contributed by atoms with Crippen LogP contribution in [-0.4, -0.2) is 41.0 Å². The Morgan fingerprint density at radius 3 is 2.78 bits per heavy atom. The van der Waals surface area contributed by atoms with Gasteiger partial charge in [-0.05, 0) is 31.9 Å². The Balaban J connectivity index is 1.95. The lowest BCUT2D eigenvalue weighted by Crippen LogP contribution is -2.44. The van der Waals surface area contributed by atoms with E-state index in [0.717, 1.165) is 10.6 Å². The van der Waals surface area contributed by atoms with E-state index >= 15 is 0 Å². The highest BCUT2D eigenvalue weighted by Crippen LogP contribution is 2.24. The Bertz CT molecular complexity index is 590. The van der Waals surface area contributed by atoms with Gasteiger partial charge in [-0.25, -0.2) is 4.98 Å². The molecule has 126 valence electrons. The number of piperidine rings is 1. The maximum Gasteiger partial charge on any atom is 0.397 e. The largest absolute Gasteiger partial charge is 0.397 e. The average Bonchev–Trinajstić information content (AvgIpc) is 2.45. The lowest BCUT2D eigenvalue weighted by molar-refractivity contribution is -0.162. The third kappa shape index (κ3) is 5.22. The van der Waals surface area contributed by atoms with Crippen molar-refractivity contribution >= 4 is 17.6 Å². The second-order valence-corrected chi connectivity index (χ2v) is 5.62. The number of hydrogen-bond donors (Lipinski definition) is 1. The lowest BCUT2D eigenvalue weighted by Gasteiger charge is -2.32. The van der Waals surface area contributed by atoms with E-state index in [1.165, 1.54) is 0 Å². The van der Waals surface area contributed by atoms with Crippen molar-refractivity contribution in [2.45, 2.75) is 32.4 Å². The van der Waals surface area contributed by atoms with Crippen LogP contribution in [0.25, 0.3) is 0 Å². The molecule has 1 N–H and O–H groups in total. The number of carbonyl (C=O) groups excluding carboxylic acids is 2. The number of rotatable bonds is 3. The van der Waals surface area contributed by atoms with E-state index in [-0.39, 0.29) is 19.0 Å². The van der Waals surface area contributed by atoms with Crippen LogP contribution in [0.4, 0.5) is 19.0 Å². The minimum atomic E-state index is -4.53. The number of nitrogens with one attached hydrogen (secondary N) is 1. The summed E-state index contributed by atoms with van der Waals surface area (Å²) in [6.45, 7) is 2.04. The number of likely N-dealkylation sites (tertiary alicyclic amines) is 1. The molecular formula is C15H18F3N3O2. The zero-order chi connectivity index (χ0) is 17.0. The van der Waals surface area contributed by atoms with Crippen molar-refractivity contribution in [3.05, 3.63) is 23.9 Å². The van der Waals surface area contributed by atoms with Gasteiger partial charge in [-0.1, -0.05) is 6.07 Å². The van der Waals surface area contributed by atoms with Crippen LogP contribution in [0.2, 0.25) is 0 Å². The maximum atomic E-state index is 12.3. The van der Waals surface area contributed by atoms with Gasteiger partial charge in [0.25, 0.3) is 0 Å². The van der Waals surface area contributed by atoms with Crippen LogP contribution in [-0.2, 0) is 9.59 Å². The van der Waals surface area contributed by atoms with Crippen molar-refractivity contribution < 1.29 is 22.8 Å². The number of pyridine rings is 1. The Labute approximate surface area is 131 Å². The van der Waals surface area contributed by atoms with Gasteiger partial charge in [0, 0.05) is 18.8 Å². The van der Waals surface area contributed by atoms with Crippen LogP contribution in [0.3, 0.4) is 0 Å². The molecule has 23 heavy (non-hydrogen) atoms. The van der Waals surface area contributed by atoms with Crippen molar-refractivity contribution in [3.8, 4) is 0 Å². The standard InChI is InChI=1S/C15H18F3N3O2/c1-10-4-2-6-12(19-10)20-14(23)11-5-3-7-21(9-11)13(22)8-15(16,17)18/h2,4,6,11H,3,5,7-9H2,1H3,(H,19,20,23). The van der Waals surface area contributed by atoms with Gasteiger partial charge >= 0.3 is 6.18 Å². The molecule has 1 aromatic heterocycles. The van der Waals surface area contributed by atoms with Gasteiger partial charge in [0.2, 0.25) is 11.8 Å². The highest BCUT2D eigenvalue weighted by atomic mass is 19.4. The molecule has 1 unspecified atom stereocenters. The first kappa shape index (κ1) is 17.2. The first-order valence-electron chi connectivity index (χ1n) is 7.33. The van der Waals surface area contributed by atoms with Gasteiger partial charge in [0.1, 0.15) is 12.2 Å². The van der Waals surface area contributed by atoms with Gasteiger partial charge in [-0.15, -0.1) is 0 Å². The number of aryl methyl sites for hydroxylation is 1. The van der Waals surface area contributed by atoms with Crippen molar-refractivity contribution in [2.24, 2.45) is 5.92 Å². The molecule has 1 aliphatic heterocycles. The van der Waals surface area contributed by atoms with Gasteiger partial charge in [0.15, 0.2) is 0 Å². The molecule has 2 amide bonds. The highest BCUT2D eigenvalue weighted by Gasteiger charge is 2.36. The predicted molar refractivity (Wildman–Crippen MR) is 77.6 cm³/mol. The minimum Gasteiger partial charge on any atom is -0.342 e. The summed E-state index contributed by atoms with van der Waals surface area (Å²) < 4.78 is 36.9. The average molecular weight is 329 g/mol. The molecule has 0 aliphatic carbocycles. The van der Waals surface area contributed by atoms with Gasteiger partial charge in [0.05, 0.1) is 5.92 Å². The number of alkyl halides is 3. The van der Waals surface area contributed by atoms with Crippen molar-refractivity contribution in [2.75, 3.05) is 18.4 Å². The zero-order valence-electron chi connectivity index (χ0n) is 12.7. The predicted octanol–water partition coefficient (Wildman–Crippen LogP) is 2.52. The Morgan fingerprint density at radius 2 is 2.13 bits per heavy atom. The van der Waals surface area contributed by atoms with Crippen molar-refractivity contribution in [1.29, 1.82) is 0 Å². The summed E-state index contributed by atoms with van der Waals surface area (Å²) in [6.07, 6.45) is -4.98. The van der Waals surface area contributed by atoms with Crippen LogP contribution in [0.15, 0.2) is 18.2 Å². The van der Waals surface area contributed by atoms with Gasteiger partial charge in [-0.2, -0.15) is 13.2 Å². The van der Waals surface area contributed by atoms with E-state index in [0.29, 0.717) is 18.7 Å². The third-order valence-electron chi connectivity index (χ3n) is 3.64. The van der Waals surface area contributed by atoms with Crippen LogP contribution >= 0.6 is 0 Å². The zero-order valence-corrected chi connectivity index (χ0v) is 12.7. The molecular weight excluding hydrogens is 311 g/mol. The molecule has 2 heterocycles. The molecule has 1 aliphatic rings. The third-order valence-corrected chi connectivity index (χ3v) is 3.64. The van der Waals surface area contributed by atoms with E-state index in [1.54, 1.807) is 25.1 Å². The molecule has 0 bridgehead atoms. The summed E-state index contributed by atoms with van der Waals surface area (Å²) in [7, 11) is 0. The second kappa shape index (κ2) is 6.97. The Kier molecular flexibility index (Phi) is 5.23. The van der Waals surface area contributed by atoms with Crippen LogP contribution in [0, 0.1) is 12.8 Å². The molecule has 0 aromatic carbocycles. The first-order valence-corrected chi connectivity index (χ1v) is 7.33. The first-order chi connectivity index (χ1) is 10.7. The number of aromatic nitrogens is 1. The van der Waals surface area contributed by atoms with E-state index in [1.807, 2.05) is 0 Å². The summed E-state index contributed by atoms with van der Waals surface area (Å²) in [5.74, 6) is -1.44. The summed E-state index contributed by atoms with van der Waals surface area (Å²) in [4.78, 5) is 29.1. The smallest absolute Gasteiger partial charge is 0.342 e. The Hall–Kier alpha value is -2.12. The van der Waals surface area contributed by atoms with Crippen molar-refractivity contribution in [3.63, 3.8) is 0 Å². The molecule has 2 rings (SSSR count). The molecule has 0 spiro atoms. The highest BCUT2D eigenvalue weighted by molar-refractivity contribution is 5.92. The number of amides is 2. The molecule has 1 atom stereocenters. The number of nitrogens with zero attached hydrogens (tertiary/aromatic N) is 2. The molecule has 0 saturated carbocycles. The normalized spacial score (nSPS) is 18.6. The monoisotopic (exact) mass is 329 g/mol. The fourth-order valence-corrected chi connectivity index (χ4v) is 2.54. The second-order valence-electron chi connectivity index (χ2n) is 5.62. The fraction of sp³-hybridized carbons (Fsp3) is 0.533. The van der Waals surface area contributed by atoms with Crippen LogP contribution < -0.4 is 5.32 Å². The number of anilines is 1. The quantitative estimate of drug-likeness (QED) is 0.927. The van der Waals surface area contributed by atoms with Crippen LogP contribution in [0.1, 0.15) is 25.0 Å². The molecule has 1 aromatic rings. The molecule has 0 radical (unpaired) electrons. The topological polar surface area (TPSA) is 62.3 Å². The van der Waals surface area contributed by atoms with Gasteiger partial charge < -0.3 is 10.2 Å². The lowest BCUT2D eigenvalue weighted by atomic mass is 9.97. The number of hydrogen-bond acceptors (Lipinski definition) is 3. The van der Waals surface area contributed by atoms with Crippen LogP contribution in [0.5, 0.6) is 0 Å². The fourth-order valence-electron chi connectivity index (χ4n) is 2.54.